The summed E-state index contributed by atoms with van der Waals surface area (Å²) in [5.74, 6) is -0.292. The van der Waals surface area contributed by atoms with Crippen LogP contribution in [0.2, 0.25) is 10.0 Å². The molecular weight excluding hydrogens is 503 g/mol. The molecule has 3 N–H and O–H groups in total. The second kappa shape index (κ2) is 10.4. The number of carbonyl (C=O) groups excluding carboxylic acids is 1. The van der Waals surface area contributed by atoms with Crippen LogP contribution in [0.1, 0.15) is 22.2 Å². The van der Waals surface area contributed by atoms with Crippen LogP contribution >= 0.6 is 34.5 Å². The molecule has 0 spiro atoms. The van der Waals surface area contributed by atoms with Crippen LogP contribution in [0.3, 0.4) is 0 Å². The molecule has 3 aromatic rings. The van der Waals surface area contributed by atoms with Gasteiger partial charge < -0.3 is 16.0 Å². The summed E-state index contributed by atoms with van der Waals surface area (Å²) in [5, 5.41) is 3.89. The number of halogens is 2. The van der Waals surface area contributed by atoms with Gasteiger partial charge in [0.05, 0.1) is 26.3 Å². The topological polar surface area (TPSA) is 105 Å². The van der Waals surface area contributed by atoms with E-state index in [1.165, 1.54) is 0 Å². The highest BCUT2D eigenvalue weighted by Crippen LogP contribution is 2.34. The van der Waals surface area contributed by atoms with Crippen molar-refractivity contribution in [3.05, 3.63) is 63.0 Å². The van der Waals surface area contributed by atoms with Crippen molar-refractivity contribution in [2.24, 2.45) is 5.92 Å². The molecule has 176 valence electrons. The van der Waals surface area contributed by atoms with E-state index in [4.69, 9.17) is 28.9 Å². The maximum Gasteiger partial charge on any atom is 0.209 e. The Balaban J connectivity index is 1.75. The number of nitrogen functional groups attached to an aromatic ring is 1. The van der Waals surface area contributed by atoms with Gasteiger partial charge in [-0.1, -0.05) is 47.5 Å². The number of benzene rings is 2. The van der Waals surface area contributed by atoms with Crippen LogP contribution in [0.5, 0.6) is 0 Å². The van der Waals surface area contributed by atoms with Crippen molar-refractivity contribution in [1.29, 1.82) is 0 Å². The van der Waals surface area contributed by atoms with E-state index in [0.29, 0.717) is 17.4 Å². The third kappa shape index (κ3) is 6.24. The summed E-state index contributed by atoms with van der Waals surface area (Å²) in [6, 6.07) is 11.2. The van der Waals surface area contributed by atoms with Crippen LogP contribution in [-0.4, -0.2) is 50.5 Å². The van der Waals surface area contributed by atoms with Gasteiger partial charge in [-0.05, 0) is 56.4 Å². The highest BCUT2D eigenvalue weighted by molar-refractivity contribution is 7.91. The van der Waals surface area contributed by atoms with Gasteiger partial charge in [0.1, 0.15) is 10.7 Å². The minimum atomic E-state index is -3.40. The van der Waals surface area contributed by atoms with Crippen LogP contribution in [0.15, 0.2) is 47.4 Å². The first-order valence-corrected chi connectivity index (χ1v) is 13.2. The van der Waals surface area contributed by atoms with E-state index < -0.39 is 15.6 Å². The van der Waals surface area contributed by atoms with Crippen molar-refractivity contribution in [3.63, 3.8) is 0 Å². The normalized spacial score (nSPS) is 12.7. The molecule has 0 aliphatic rings. The molecule has 0 aliphatic carbocycles. The van der Waals surface area contributed by atoms with Crippen molar-refractivity contribution in [2.75, 3.05) is 37.4 Å². The third-order valence-electron chi connectivity index (χ3n) is 4.69. The molecule has 0 radical (unpaired) electrons. The van der Waals surface area contributed by atoms with Gasteiger partial charge in [0, 0.05) is 12.2 Å². The van der Waals surface area contributed by atoms with Gasteiger partial charge in [0.2, 0.25) is 5.78 Å². The highest BCUT2D eigenvalue weighted by Gasteiger charge is 2.23. The molecule has 1 atom stereocenters. The zero-order chi connectivity index (χ0) is 24.3. The largest absolute Gasteiger partial charge is 0.382 e. The van der Waals surface area contributed by atoms with E-state index >= 15 is 0 Å². The maximum atomic E-state index is 12.9. The minimum absolute atomic E-state index is 0.00340. The van der Waals surface area contributed by atoms with Crippen molar-refractivity contribution in [3.8, 4) is 0 Å². The summed E-state index contributed by atoms with van der Waals surface area (Å²) < 4.78 is 25.4. The molecule has 7 nitrogen and oxygen atoms in total. The van der Waals surface area contributed by atoms with Crippen molar-refractivity contribution in [1.82, 2.24) is 9.88 Å². The Morgan fingerprint density at radius 1 is 1.15 bits per heavy atom. The van der Waals surface area contributed by atoms with Gasteiger partial charge in [-0.15, -0.1) is 0 Å². The number of carbonyl (C=O) groups is 1. The Labute approximate surface area is 207 Å². The lowest BCUT2D eigenvalue weighted by Gasteiger charge is -2.17. The number of aromatic nitrogens is 1. The van der Waals surface area contributed by atoms with Crippen LogP contribution < -0.4 is 11.1 Å². The molecule has 3 rings (SSSR count). The molecule has 11 heteroatoms. The SMILES string of the molecule is CC(CN(C)C)CS(=O)(=O)c1ccc(Nc2nc(N)c(C(=O)c3c(Cl)cccc3Cl)s2)cc1. The summed E-state index contributed by atoms with van der Waals surface area (Å²) in [6.07, 6.45) is 0. The fourth-order valence-corrected chi connectivity index (χ4v) is 6.41. The fraction of sp³-hybridized carbons (Fsp3) is 0.273. The van der Waals surface area contributed by atoms with Crippen molar-refractivity contribution < 1.29 is 13.2 Å². The fourth-order valence-electron chi connectivity index (χ4n) is 3.39. The predicted octanol–water partition coefficient (Wildman–Crippen LogP) is 4.98. The number of anilines is 3. The van der Waals surface area contributed by atoms with Gasteiger partial charge in [-0.25, -0.2) is 13.4 Å². The molecule has 0 saturated carbocycles. The summed E-state index contributed by atoms with van der Waals surface area (Å²) in [6.45, 7) is 2.60. The Hall–Kier alpha value is -2.17. The summed E-state index contributed by atoms with van der Waals surface area (Å²) >= 11 is 13.3. The summed E-state index contributed by atoms with van der Waals surface area (Å²) in [5.41, 5.74) is 6.74. The smallest absolute Gasteiger partial charge is 0.209 e. The Morgan fingerprint density at radius 3 is 2.33 bits per heavy atom. The molecule has 0 fully saturated rings. The molecule has 33 heavy (non-hydrogen) atoms. The number of hydrogen-bond acceptors (Lipinski definition) is 8. The average molecular weight is 527 g/mol. The Bertz CT molecular complexity index is 1240. The van der Waals surface area contributed by atoms with Crippen LogP contribution in [-0.2, 0) is 9.84 Å². The number of nitrogens with two attached hydrogens (primary N) is 1. The highest BCUT2D eigenvalue weighted by atomic mass is 35.5. The lowest BCUT2D eigenvalue weighted by molar-refractivity contribution is 0.104. The lowest BCUT2D eigenvalue weighted by atomic mass is 10.1. The van der Waals surface area contributed by atoms with E-state index in [2.05, 4.69) is 10.3 Å². The number of thiazole rings is 1. The summed E-state index contributed by atoms with van der Waals surface area (Å²) in [4.78, 5) is 19.5. The van der Waals surface area contributed by atoms with Gasteiger partial charge in [-0.3, -0.25) is 4.79 Å². The van der Waals surface area contributed by atoms with E-state index in [9.17, 15) is 13.2 Å². The van der Waals surface area contributed by atoms with E-state index in [1.54, 1.807) is 42.5 Å². The quantitative estimate of drug-likeness (QED) is 0.378. The number of sulfone groups is 1. The maximum absolute atomic E-state index is 12.9. The van der Waals surface area contributed by atoms with E-state index in [1.807, 2.05) is 25.9 Å². The number of ketones is 1. The average Bonchev–Trinajstić information content (AvgIpc) is 3.07. The standard InChI is InChI=1S/C22H24Cl2N4O3S2/c1-13(11-28(2)3)12-33(30,31)15-9-7-14(8-10-15)26-22-27-21(25)20(32-22)19(29)18-16(23)5-4-6-17(18)24/h4-10,13H,11-12,25H2,1-3H3,(H,26,27). The Morgan fingerprint density at radius 2 is 1.76 bits per heavy atom. The predicted molar refractivity (Wildman–Crippen MR) is 136 cm³/mol. The van der Waals surface area contributed by atoms with Gasteiger partial charge in [0.15, 0.2) is 15.0 Å². The molecule has 1 heterocycles. The third-order valence-corrected chi connectivity index (χ3v) is 8.31. The Kier molecular flexibility index (Phi) is 8.02. The van der Waals surface area contributed by atoms with Crippen LogP contribution in [0, 0.1) is 5.92 Å². The second-order valence-electron chi connectivity index (χ2n) is 7.96. The zero-order valence-corrected chi connectivity index (χ0v) is 21.4. The van der Waals surface area contributed by atoms with Crippen molar-refractivity contribution >= 4 is 66.8 Å². The first kappa shape index (κ1) is 25.5. The molecular formula is C22H24Cl2N4O3S2. The second-order valence-corrected chi connectivity index (χ2v) is 11.8. The molecule has 0 amide bonds. The number of rotatable bonds is 9. The first-order valence-electron chi connectivity index (χ1n) is 9.97. The summed E-state index contributed by atoms with van der Waals surface area (Å²) in [7, 11) is 0.423. The molecule has 0 bridgehead atoms. The van der Waals surface area contributed by atoms with Crippen LogP contribution in [0.25, 0.3) is 0 Å². The first-order chi connectivity index (χ1) is 15.5. The van der Waals surface area contributed by atoms with E-state index in [-0.39, 0.29) is 42.9 Å². The molecule has 2 aromatic carbocycles. The van der Waals surface area contributed by atoms with Gasteiger partial charge >= 0.3 is 0 Å². The molecule has 0 aliphatic heterocycles. The van der Waals surface area contributed by atoms with Gasteiger partial charge in [0.25, 0.3) is 0 Å². The van der Waals surface area contributed by atoms with E-state index in [0.717, 1.165) is 11.3 Å². The number of nitrogens with zero attached hydrogens (tertiary/aromatic N) is 2. The zero-order valence-electron chi connectivity index (χ0n) is 18.3. The van der Waals surface area contributed by atoms with Crippen LogP contribution in [0.4, 0.5) is 16.6 Å². The van der Waals surface area contributed by atoms with Gasteiger partial charge in [-0.2, -0.15) is 0 Å². The molecule has 0 saturated heterocycles. The molecule has 1 unspecified atom stereocenters. The monoisotopic (exact) mass is 526 g/mol. The molecule has 1 aromatic heterocycles. The number of hydrogen-bond donors (Lipinski definition) is 2. The van der Waals surface area contributed by atoms with Crippen molar-refractivity contribution in [2.45, 2.75) is 11.8 Å². The minimum Gasteiger partial charge on any atom is -0.382 e. The lowest BCUT2D eigenvalue weighted by Crippen LogP contribution is -2.25. The number of nitrogens with one attached hydrogen (secondary N) is 1.